The number of aryl methyl sites for hydroxylation is 1. The number of hydrogen-bond donors (Lipinski definition) is 0. The Morgan fingerprint density at radius 3 is 2.17 bits per heavy atom. The summed E-state index contributed by atoms with van der Waals surface area (Å²) in [6, 6.07) is 12.5. The Kier molecular flexibility index (Phi) is 8.39. The minimum atomic E-state index is 1.06. The Hall–Kier alpha value is -1.70. The fourth-order valence-electron chi connectivity index (χ4n) is 3.01. The molecule has 2 nitrogen and oxygen atoms in total. The van der Waals surface area contributed by atoms with Gasteiger partial charge >= 0.3 is 0 Å². The van der Waals surface area contributed by atoms with Crippen LogP contribution in [0.25, 0.3) is 11.4 Å². The molecule has 2 heteroatoms. The topological polar surface area (TPSA) is 16.8 Å². The summed E-state index contributed by atoms with van der Waals surface area (Å²) in [6.07, 6.45) is 16.4. The van der Waals surface area contributed by atoms with Crippen LogP contribution in [0.15, 0.2) is 48.8 Å². The van der Waals surface area contributed by atoms with Gasteiger partial charge in [-0.25, -0.2) is 4.98 Å². The third-order valence-electron chi connectivity index (χ3n) is 4.37. The van der Waals surface area contributed by atoms with E-state index in [4.69, 9.17) is 0 Å². The van der Waals surface area contributed by atoms with Gasteiger partial charge in [0.25, 0.3) is 0 Å². The molecule has 0 aliphatic carbocycles. The quantitative estimate of drug-likeness (QED) is 0.392. The van der Waals surface area contributed by atoms with E-state index >= 15 is 0 Å². The van der Waals surface area contributed by atoms with E-state index in [0.717, 1.165) is 12.2 Å². The number of aromatic nitrogens is 2. The molecule has 0 saturated carbocycles. The maximum atomic E-state index is 4.48. The number of rotatable bonds is 11. The lowest BCUT2D eigenvalue weighted by Crippen LogP contribution is -2.35. The highest BCUT2D eigenvalue weighted by atomic mass is 15.0. The van der Waals surface area contributed by atoms with Gasteiger partial charge in [-0.15, -0.1) is 0 Å². The van der Waals surface area contributed by atoms with Gasteiger partial charge in [0.2, 0.25) is 5.69 Å². The summed E-state index contributed by atoms with van der Waals surface area (Å²) >= 11 is 0. The monoisotopic (exact) mass is 311 g/mol. The van der Waals surface area contributed by atoms with Crippen LogP contribution in [-0.4, -0.2) is 4.98 Å². The van der Waals surface area contributed by atoms with Crippen molar-refractivity contribution in [2.45, 2.75) is 71.3 Å². The first-order valence-electron chi connectivity index (χ1n) is 9.31. The van der Waals surface area contributed by atoms with Crippen molar-refractivity contribution >= 4 is 0 Å². The van der Waals surface area contributed by atoms with Crippen molar-refractivity contribution in [1.82, 2.24) is 4.98 Å². The van der Waals surface area contributed by atoms with Gasteiger partial charge in [0.05, 0.1) is 0 Å². The number of unbranched alkanes of at least 4 members (excludes halogenated alkanes) is 8. The third kappa shape index (κ3) is 6.52. The first kappa shape index (κ1) is 17.7. The molecule has 0 unspecified atom stereocenters. The van der Waals surface area contributed by atoms with Crippen LogP contribution in [0.1, 0.15) is 64.7 Å². The van der Waals surface area contributed by atoms with E-state index in [9.17, 15) is 0 Å². The molecule has 23 heavy (non-hydrogen) atoms. The minimum Gasteiger partial charge on any atom is -0.250 e. The van der Waals surface area contributed by atoms with Crippen molar-refractivity contribution < 1.29 is 4.57 Å². The lowest BCUT2D eigenvalue weighted by molar-refractivity contribution is -0.686. The normalized spacial score (nSPS) is 10.8. The van der Waals surface area contributed by atoms with E-state index in [2.05, 4.69) is 53.0 Å². The summed E-state index contributed by atoms with van der Waals surface area (Å²) in [5.74, 6) is 0. The molecule has 0 aliphatic heterocycles. The van der Waals surface area contributed by atoms with Crippen molar-refractivity contribution in [2.24, 2.45) is 0 Å². The Labute approximate surface area is 141 Å². The molecule has 2 aromatic heterocycles. The highest BCUT2D eigenvalue weighted by Gasteiger charge is 2.12. The van der Waals surface area contributed by atoms with E-state index in [1.807, 2.05) is 12.3 Å². The summed E-state index contributed by atoms with van der Waals surface area (Å²) in [7, 11) is 0. The maximum absolute atomic E-state index is 4.48. The smallest absolute Gasteiger partial charge is 0.231 e. The Morgan fingerprint density at radius 1 is 0.783 bits per heavy atom. The molecule has 2 aromatic rings. The highest BCUT2D eigenvalue weighted by Crippen LogP contribution is 2.12. The second kappa shape index (κ2) is 10.9. The van der Waals surface area contributed by atoms with Crippen LogP contribution in [0.5, 0.6) is 0 Å². The highest BCUT2D eigenvalue weighted by molar-refractivity contribution is 5.49. The SMILES string of the molecule is CCCCCCCCCCC[n+]1ccccc1-c1ccccn1. The van der Waals surface area contributed by atoms with Gasteiger partial charge in [0, 0.05) is 24.8 Å². The molecule has 0 saturated heterocycles. The molecular formula is C21H31N2+. The Morgan fingerprint density at radius 2 is 1.48 bits per heavy atom. The lowest BCUT2D eigenvalue weighted by Gasteiger charge is -2.04. The number of pyridine rings is 2. The Bertz CT molecular complexity index is 537. The van der Waals surface area contributed by atoms with E-state index < -0.39 is 0 Å². The van der Waals surface area contributed by atoms with E-state index in [-0.39, 0.29) is 0 Å². The van der Waals surface area contributed by atoms with Crippen LogP contribution in [0, 0.1) is 0 Å². The molecule has 0 aliphatic rings. The summed E-state index contributed by atoms with van der Waals surface area (Å²) in [4.78, 5) is 4.48. The van der Waals surface area contributed by atoms with Gasteiger partial charge < -0.3 is 0 Å². The first-order chi connectivity index (χ1) is 11.4. The predicted molar refractivity (Wildman–Crippen MR) is 97.1 cm³/mol. The molecule has 2 rings (SSSR count). The van der Waals surface area contributed by atoms with Gasteiger partial charge in [0.15, 0.2) is 6.20 Å². The largest absolute Gasteiger partial charge is 0.250 e. The molecule has 0 bridgehead atoms. The van der Waals surface area contributed by atoms with E-state index in [0.29, 0.717) is 0 Å². The average molecular weight is 311 g/mol. The zero-order chi connectivity index (χ0) is 16.2. The molecule has 124 valence electrons. The molecular weight excluding hydrogens is 280 g/mol. The van der Waals surface area contributed by atoms with Gasteiger partial charge in [-0.05, 0) is 24.6 Å². The van der Waals surface area contributed by atoms with Crippen molar-refractivity contribution in [3.63, 3.8) is 0 Å². The molecule has 0 atom stereocenters. The molecule has 0 N–H and O–H groups in total. The summed E-state index contributed by atoms with van der Waals surface area (Å²) < 4.78 is 2.34. The molecule has 2 heterocycles. The zero-order valence-electron chi connectivity index (χ0n) is 14.6. The third-order valence-corrected chi connectivity index (χ3v) is 4.37. The fraction of sp³-hybridized carbons (Fsp3) is 0.524. The maximum Gasteiger partial charge on any atom is 0.231 e. The predicted octanol–water partition coefficient (Wildman–Crippen LogP) is 5.57. The summed E-state index contributed by atoms with van der Waals surface area (Å²) in [5.41, 5.74) is 2.27. The minimum absolute atomic E-state index is 1.06. The second-order valence-corrected chi connectivity index (χ2v) is 6.32. The summed E-state index contributed by atoms with van der Waals surface area (Å²) in [6.45, 7) is 3.36. The van der Waals surface area contributed by atoms with Crippen LogP contribution in [0.2, 0.25) is 0 Å². The van der Waals surface area contributed by atoms with Crippen LogP contribution in [0.3, 0.4) is 0 Å². The van der Waals surface area contributed by atoms with Crippen LogP contribution >= 0.6 is 0 Å². The van der Waals surface area contributed by atoms with Crippen molar-refractivity contribution in [3.8, 4) is 11.4 Å². The first-order valence-corrected chi connectivity index (χ1v) is 9.31. The fourth-order valence-corrected chi connectivity index (χ4v) is 3.01. The van der Waals surface area contributed by atoms with Gasteiger partial charge in [0.1, 0.15) is 12.2 Å². The van der Waals surface area contributed by atoms with Crippen molar-refractivity contribution in [2.75, 3.05) is 0 Å². The molecule has 0 spiro atoms. The standard InChI is InChI=1S/C21H31N2/c1-2-3-4-5-6-7-8-9-13-18-23-19-14-11-16-21(23)20-15-10-12-17-22-20/h10-12,14-17,19H,2-9,13,18H2,1H3/q+1. The van der Waals surface area contributed by atoms with Gasteiger partial charge in [-0.3, -0.25) is 0 Å². The lowest BCUT2D eigenvalue weighted by atomic mass is 10.1. The van der Waals surface area contributed by atoms with Crippen molar-refractivity contribution in [1.29, 1.82) is 0 Å². The summed E-state index contributed by atoms with van der Waals surface area (Å²) in [5, 5.41) is 0. The molecule has 0 radical (unpaired) electrons. The molecule has 0 amide bonds. The second-order valence-electron chi connectivity index (χ2n) is 6.32. The number of nitrogens with zero attached hydrogens (tertiary/aromatic N) is 2. The van der Waals surface area contributed by atoms with Gasteiger partial charge in [-0.2, -0.15) is 4.57 Å². The van der Waals surface area contributed by atoms with Crippen LogP contribution in [0.4, 0.5) is 0 Å². The number of hydrogen-bond acceptors (Lipinski definition) is 1. The zero-order valence-corrected chi connectivity index (χ0v) is 14.6. The van der Waals surface area contributed by atoms with Crippen molar-refractivity contribution in [3.05, 3.63) is 48.8 Å². The molecule has 0 aromatic carbocycles. The van der Waals surface area contributed by atoms with Crippen LogP contribution in [-0.2, 0) is 6.54 Å². The Balaban J connectivity index is 1.70. The average Bonchev–Trinajstić information content (AvgIpc) is 2.61. The molecule has 0 fully saturated rings. The van der Waals surface area contributed by atoms with E-state index in [1.165, 1.54) is 63.5 Å². The van der Waals surface area contributed by atoms with Crippen LogP contribution < -0.4 is 4.57 Å². The van der Waals surface area contributed by atoms with E-state index in [1.54, 1.807) is 0 Å². The van der Waals surface area contributed by atoms with Gasteiger partial charge in [-0.1, -0.05) is 57.9 Å².